The Hall–Kier alpha value is -0.670. The summed E-state index contributed by atoms with van der Waals surface area (Å²) in [5.41, 5.74) is 0. The monoisotopic (exact) mass is 251 g/mol. The van der Waals surface area contributed by atoms with Gasteiger partial charge in [0, 0.05) is 17.3 Å². The van der Waals surface area contributed by atoms with E-state index in [0.29, 0.717) is 18.2 Å². The van der Waals surface area contributed by atoms with Gasteiger partial charge in [0.15, 0.2) is 5.78 Å². The third-order valence-electron chi connectivity index (χ3n) is 3.63. The third kappa shape index (κ3) is 3.39. The lowest BCUT2D eigenvalue weighted by molar-refractivity contribution is 0.0961. The molecular formula is C14H21NOS. The van der Waals surface area contributed by atoms with Crippen LogP contribution in [0.2, 0.25) is 0 Å². The first-order valence-electron chi connectivity index (χ1n) is 6.52. The molecule has 1 aromatic rings. The Morgan fingerprint density at radius 1 is 1.53 bits per heavy atom. The van der Waals surface area contributed by atoms with Crippen LogP contribution in [0.4, 0.5) is 0 Å². The van der Waals surface area contributed by atoms with Gasteiger partial charge in [-0.25, -0.2) is 0 Å². The van der Waals surface area contributed by atoms with Crippen LogP contribution in [0.5, 0.6) is 0 Å². The van der Waals surface area contributed by atoms with Gasteiger partial charge in [-0.05, 0) is 44.4 Å². The predicted molar refractivity (Wildman–Crippen MR) is 72.8 cm³/mol. The van der Waals surface area contributed by atoms with E-state index in [1.807, 2.05) is 19.1 Å². The van der Waals surface area contributed by atoms with Crippen molar-refractivity contribution in [1.82, 2.24) is 5.32 Å². The molecule has 2 atom stereocenters. The van der Waals surface area contributed by atoms with E-state index in [9.17, 15) is 4.79 Å². The molecule has 94 valence electrons. The molecule has 1 aromatic heterocycles. The molecule has 1 aliphatic rings. The van der Waals surface area contributed by atoms with Gasteiger partial charge in [-0.1, -0.05) is 13.3 Å². The number of nitrogens with one attached hydrogen (secondary N) is 1. The van der Waals surface area contributed by atoms with Crippen LogP contribution in [0.1, 0.15) is 47.2 Å². The van der Waals surface area contributed by atoms with Gasteiger partial charge in [0.2, 0.25) is 0 Å². The van der Waals surface area contributed by atoms with Crippen molar-refractivity contribution in [2.75, 3.05) is 6.54 Å². The summed E-state index contributed by atoms with van der Waals surface area (Å²) in [4.78, 5) is 14.2. The zero-order valence-corrected chi connectivity index (χ0v) is 11.5. The molecule has 1 aliphatic heterocycles. The van der Waals surface area contributed by atoms with E-state index < -0.39 is 0 Å². The zero-order chi connectivity index (χ0) is 12.3. The van der Waals surface area contributed by atoms with E-state index in [0.717, 1.165) is 23.8 Å². The maximum Gasteiger partial charge on any atom is 0.174 e. The van der Waals surface area contributed by atoms with Gasteiger partial charge < -0.3 is 5.32 Å². The fourth-order valence-electron chi connectivity index (χ4n) is 2.53. The smallest absolute Gasteiger partial charge is 0.174 e. The van der Waals surface area contributed by atoms with Crippen molar-refractivity contribution in [3.05, 3.63) is 21.9 Å². The van der Waals surface area contributed by atoms with Crippen LogP contribution < -0.4 is 5.32 Å². The highest BCUT2D eigenvalue weighted by molar-refractivity contribution is 7.14. The first-order chi connectivity index (χ1) is 8.19. The lowest BCUT2D eigenvalue weighted by Crippen LogP contribution is -2.39. The first kappa shape index (κ1) is 12.8. The molecule has 1 saturated heterocycles. The average molecular weight is 251 g/mol. The van der Waals surface area contributed by atoms with E-state index in [1.54, 1.807) is 11.3 Å². The molecule has 2 nitrogen and oxygen atoms in total. The molecule has 2 heterocycles. The number of aryl methyl sites for hydroxylation is 1. The Kier molecular flexibility index (Phi) is 4.35. The zero-order valence-electron chi connectivity index (χ0n) is 10.7. The minimum Gasteiger partial charge on any atom is -0.314 e. The Bertz CT molecular complexity index is 385. The molecule has 17 heavy (non-hydrogen) atoms. The van der Waals surface area contributed by atoms with Crippen LogP contribution >= 0.6 is 11.3 Å². The minimum atomic E-state index is 0.303. The molecule has 0 amide bonds. The van der Waals surface area contributed by atoms with Crippen LogP contribution in [0.25, 0.3) is 0 Å². The Morgan fingerprint density at radius 3 is 3.00 bits per heavy atom. The van der Waals surface area contributed by atoms with Crippen molar-refractivity contribution in [2.45, 2.75) is 45.6 Å². The van der Waals surface area contributed by atoms with Crippen molar-refractivity contribution in [3.8, 4) is 0 Å². The van der Waals surface area contributed by atoms with Crippen LogP contribution in [0.3, 0.4) is 0 Å². The Balaban J connectivity index is 1.90. The molecule has 1 N–H and O–H groups in total. The van der Waals surface area contributed by atoms with Crippen molar-refractivity contribution in [1.29, 1.82) is 0 Å². The standard InChI is InChI=1S/C14H21NOS/c1-3-11-6-7-15-12(8-11)9-13(16)14-5-4-10(2)17-14/h4-5,11-12,15H,3,6-9H2,1-2H3. The van der Waals surface area contributed by atoms with E-state index >= 15 is 0 Å². The number of hydrogen-bond donors (Lipinski definition) is 1. The van der Waals surface area contributed by atoms with E-state index in [1.165, 1.54) is 17.7 Å². The molecule has 0 aromatic carbocycles. The number of rotatable bonds is 4. The average Bonchev–Trinajstić information content (AvgIpc) is 2.76. The summed E-state index contributed by atoms with van der Waals surface area (Å²) < 4.78 is 0. The molecular weight excluding hydrogens is 230 g/mol. The first-order valence-corrected chi connectivity index (χ1v) is 7.33. The predicted octanol–water partition coefficient (Wildman–Crippen LogP) is 3.41. The van der Waals surface area contributed by atoms with E-state index in [-0.39, 0.29) is 0 Å². The quantitative estimate of drug-likeness (QED) is 0.831. The molecule has 0 radical (unpaired) electrons. The Labute approximate surface area is 107 Å². The third-order valence-corrected chi connectivity index (χ3v) is 4.67. The summed E-state index contributed by atoms with van der Waals surface area (Å²) in [7, 11) is 0. The SMILES string of the molecule is CCC1CCNC(CC(=O)c2ccc(C)s2)C1. The van der Waals surface area contributed by atoms with E-state index in [4.69, 9.17) is 0 Å². The summed E-state index contributed by atoms with van der Waals surface area (Å²) >= 11 is 1.61. The second-order valence-corrected chi connectivity index (χ2v) is 6.28. The topological polar surface area (TPSA) is 29.1 Å². The summed E-state index contributed by atoms with van der Waals surface area (Å²) in [6, 6.07) is 4.38. The molecule has 0 bridgehead atoms. The number of thiophene rings is 1. The van der Waals surface area contributed by atoms with Crippen LogP contribution in [-0.4, -0.2) is 18.4 Å². The van der Waals surface area contributed by atoms with Gasteiger partial charge >= 0.3 is 0 Å². The number of Topliss-reactive ketones (excluding diaryl/α,β-unsaturated/α-hetero) is 1. The fraction of sp³-hybridized carbons (Fsp3) is 0.643. The maximum atomic E-state index is 12.1. The highest BCUT2D eigenvalue weighted by atomic mass is 32.1. The molecule has 0 aliphatic carbocycles. The number of carbonyl (C=O) groups is 1. The lowest BCUT2D eigenvalue weighted by atomic mass is 9.88. The highest BCUT2D eigenvalue weighted by Gasteiger charge is 2.23. The van der Waals surface area contributed by atoms with Gasteiger partial charge in [0.25, 0.3) is 0 Å². The van der Waals surface area contributed by atoms with Gasteiger partial charge in [0.1, 0.15) is 0 Å². The van der Waals surface area contributed by atoms with Gasteiger partial charge in [0.05, 0.1) is 4.88 Å². The Morgan fingerprint density at radius 2 is 2.35 bits per heavy atom. The molecule has 2 unspecified atom stereocenters. The van der Waals surface area contributed by atoms with Crippen LogP contribution in [0.15, 0.2) is 12.1 Å². The molecule has 0 saturated carbocycles. The highest BCUT2D eigenvalue weighted by Crippen LogP contribution is 2.23. The van der Waals surface area contributed by atoms with Crippen molar-refractivity contribution in [2.24, 2.45) is 5.92 Å². The molecule has 0 spiro atoms. The summed E-state index contributed by atoms with van der Waals surface area (Å²) in [6.45, 7) is 5.37. The summed E-state index contributed by atoms with van der Waals surface area (Å²) in [5.74, 6) is 1.11. The largest absolute Gasteiger partial charge is 0.314 e. The van der Waals surface area contributed by atoms with E-state index in [2.05, 4.69) is 12.2 Å². The summed E-state index contributed by atoms with van der Waals surface area (Å²) in [6.07, 6.45) is 4.33. The van der Waals surface area contributed by atoms with Crippen molar-refractivity contribution in [3.63, 3.8) is 0 Å². The number of hydrogen-bond acceptors (Lipinski definition) is 3. The summed E-state index contributed by atoms with van der Waals surface area (Å²) in [5, 5.41) is 3.47. The second kappa shape index (κ2) is 5.78. The van der Waals surface area contributed by atoms with Gasteiger partial charge in [-0.15, -0.1) is 11.3 Å². The molecule has 3 heteroatoms. The normalized spacial score (nSPS) is 24.8. The number of piperidine rings is 1. The number of carbonyl (C=O) groups excluding carboxylic acids is 1. The lowest BCUT2D eigenvalue weighted by Gasteiger charge is -2.29. The van der Waals surface area contributed by atoms with Gasteiger partial charge in [-0.2, -0.15) is 0 Å². The maximum absolute atomic E-state index is 12.1. The number of ketones is 1. The van der Waals surface area contributed by atoms with Crippen molar-refractivity contribution >= 4 is 17.1 Å². The van der Waals surface area contributed by atoms with Gasteiger partial charge in [-0.3, -0.25) is 4.79 Å². The van der Waals surface area contributed by atoms with Crippen LogP contribution in [0, 0.1) is 12.8 Å². The minimum absolute atomic E-state index is 0.303. The van der Waals surface area contributed by atoms with Crippen molar-refractivity contribution < 1.29 is 4.79 Å². The van der Waals surface area contributed by atoms with Crippen LogP contribution in [-0.2, 0) is 0 Å². The fourth-order valence-corrected chi connectivity index (χ4v) is 3.35. The second-order valence-electron chi connectivity index (χ2n) is 4.99. The molecule has 1 fully saturated rings. The molecule has 2 rings (SSSR count).